The number of nitrogens with one attached hydrogen (secondary N) is 1. The molecule has 3 aliphatic rings. The second kappa shape index (κ2) is 4.85. The van der Waals surface area contributed by atoms with Gasteiger partial charge in [-0.05, 0) is 57.2 Å². The highest BCUT2D eigenvalue weighted by Crippen LogP contribution is 2.50. The largest absolute Gasteiger partial charge is 0.444 e. The van der Waals surface area contributed by atoms with Crippen molar-refractivity contribution in [2.45, 2.75) is 39.2 Å². The molecule has 0 atom stereocenters. The number of aryl methyl sites for hydroxylation is 2. The zero-order chi connectivity index (χ0) is 16.2. The van der Waals surface area contributed by atoms with Gasteiger partial charge in [-0.15, -0.1) is 0 Å². The summed E-state index contributed by atoms with van der Waals surface area (Å²) in [4.78, 5) is 18.9. The van der Waals surface area contributed by atoms with E-state index in [9.17, 15) is 4.79 Å². The van der Waals surface area contributed by atoms with Crippen molar-refractivity contribution < 1.29 is 9.21 Å². The number of carbonyl (C=O) groups is 1. The molecule has 2 bridgehead atoms. The van der Waals surface area contributed by atoms with E-state index in [1.165, 1.54) is 0 Å². The third kappa shape index (κ3) is 2.31. The molecule has 2 aromatic rings. The summed E-state index contributed by atoms with van der Waals surface area (Å²) in [6.07, 6.45) is 3.91. The van der Waals surface area contributed by atoms with E-state index < -0.39 is 0 Å². The second-order valence-corrected chi connectivity index (χ2v) is 7.14. The number of fused-ring (bicyclic) bond motifs is 1. The first-order valence-corrected chi connectivity index (χ1v) is 8.06. The summed E-state index contributed by atoms with van der Waals surface area (Å²) in [6, 6.07) is 5.83. The average molecular weight is 311 g/mol. The normalized spacial score (nSPS) is 25.3. The summed E-state index contributed by atoms with van der Waals surface area (Å²) in [5.41, 5.74) is 3.66. The second-order valence-electron chi connectivity index (χ2n) is 7.14. The third-order valence-corrected chi connectivity index (χ3v) is 5.13. The third-order valence-electron chi connectivity index (χ3n) is 5.13. The summed E-state index contributed by atoms with van der Waals surface area (Å²) in [7, 11) is 0. The highest BCUT2D eigenvalue weighted by molar-refractivity contribution is 5.91. The Labute approximate surface area is 135 Å². The molecule has 1 saturated carbocycles. The summed E-state index contributed by atoms with van der Waals surface area (Å²) < 4.78 is 5.50. The molecule has 120 valence electrons. The van der Waals surface area contributed by atoms with Crippen LogP contribution in [0, 0.1) is 19.8 Å². The van der Waals surface area contributed by atoms with Crippen LogP contribution in [-0.2, 0) is 0 Å². The maximum absolute atomic E-state index is 12.6. The quantitative estimate of drug-likeness (QED) is 0.912. The highest BCUT2D eigenvalue weighted by Gasteiger charge is 2.54. The zero-order valence-corrected chi connectivity index (χ0v) is 13.7. The lowest BCUT2D eigenvalue weighted by atomic mass is 9.75. The number of hydrogen-bond acceptors (Lipinski definition) is 3. The Morgan fingerprint density at radius 2 is 2.17 bits per heavy atom. The first-order valence-electron chi connectivity index (χ1n) is 8.06. The first-order chi connectivity index (χ1) is 10.9. The van der Waals surface area contributed by atoms with E-state index >= 15 is 0 Å². The molecule has 1 aromatic heterocycles. The minimum absolute atomic E-state index is 0.00844. The van der Waals surface area contributed by atoms with Crippen LogP contribution in [-0.4, -0.2) is 28.0 Å². The van der Waals surface area contributed by atoms with Gasteiger partial charge in [-0.2, -0.15) is 0 Å². The van der Waals surface area contributed by atoms with Crippen molar-refractivity contribution >= 4 is 11.7 Å². The van der Waals surface area contributed by atoms with Crippen molar-refractivity contribution in [3.05, 3.63) is 35.7 Å². The van der Waals surface area contributed by atoms with E-state index in [1.807, 2.05) is 36.9 Å². The van der Waals surface area contributed by atoms with Crippen LogP contribution in [0.3, 0.4) is 0 Å². The van der Waals surface area contributed by atoms with Gasteiger partial charge in [-0.1, -0.05) is 6.07 Å². The van der Waals surface area contributed by atoms with E-state index in [0.29, 0.717) is 11.8 Å². The minimum Gasteiger partial charge on any atom is -0.444 e. The lowest BCUT2D eigenvalue weighted by Crippen LogP contribution is -2.47. The van der Waals surface area contributed by atoms with Gasteiger partial charge in [0.05, 0.1) is 5.69 Å². The Hall–Kier alpha value is -2.30. The Balaban J connectivity index is 1.57. The number of urea groups is 1. The van der Waals surface area contributed by atoms with Gasteiger partial charge < -0.3 is 14.6 Å². The number of oxazole rings is 1. The Morgan fingerprint density at radius 1 is 1.39 bits per heavy atom. The Morgan fingerprint density at radius 3 is 2.78 bits per heavy atom. The van der Waals surface area contributed by atoms with Gasteiger partial charge >= 0.3 is 6.03 Å². The number of carbonyl (C=O) groups excluding carboxylic acids is 1. The predicted octanol–water partition coefficient (Wildman–Crippen LogP) is 3.97. The van der Waals surface area contributed by atoms with Gasteiger partial charge in [-0.3, -0.25) is 0 Å². The van der Waals surface area contributed by atoms with Crippen LogP contribution in [0.1, 0.15) is 31.0 Å². The number of amides is 2. The zero-order valence-electron chi connectivity index (χ0n) is 13.7. The topological polar surface area (TPSA) is 58.4 Å². The molecule has 1 aliphatic carbocycles. The van der Waals surface area contributed by atoms with Crippen LogP contribution in [0.4, 0.5) is 10.5 Å². The molecule has 2 aliphatic heterocycles. The number of nitrogens with zero attached hydrogens (tertiary/aromatic N) is 2. The van der Waals surface area contributed by atoms with Crippen molar-refractivity contribution in [3.63, 3.8) is 0 Å². The Kier molecular flexibility index (Phi) is 3.01. The maximum Gasteiger partial charge on any atom is 0.322 e. The van der Waals surface area contributed by atoms with Gasteiger partial charge in [0.2, 0.25) is 5.89 Å². The molecule has 5 rings (SSSR count). The first kappa shape index (κ1) is 14.3. The van der Waals surface area contributed by atoms with E-state index in [-0.39, 0.29) is 11.6 Å². The van der Waals surface area contributed by atoms with Crippen LogP contribution in [0.15, 0.2) is 28.9 Å². The molecule has 2 saturated heterocycles. The van der Waals surface area contributed by atoms with Gasteiger partial charge in [0.25, 0.3) is 0 Å². The lowest BCUT2D eigenvalue weighted by molar-refractivity contribution is 0.147. The van der Waals surface area contributed by atoms with Gasteiger partial charge in [0.15, 0.2) is 0 Å². The number of aromatic nitrogens is 1. The minimum atomic E-state index is -0.00844. The van der Waals surface area contributed by atoms with Crippen molar-refractivity contribution in [2.75, 3.05) is 11.9 Å². The highest BCUT2D eigenvalue weighted by atomic mass is 16.3. The fourth-order valence-electron chi connectivity index (χ4n) is 3.94. The van der Waals surface area contributed by atoms with Gasteiger partial charge in [-0.25, -0.2) is 9.78 Å². The van der Waals surface area contributed by atoms with E-state index in [2.05, 4.69) is 17.2 Å². The monoisotopic (exact) mass is 311 g/mol. The van der Waals surface area contributed by atoms with Crippen LogP contribution in [0.5, 0.6) is 0 Å². The van der Waals surface area contributed by atoms with Crippen LogP contribution in [0.25, 0.3) is 11.5 Å². The molecule has 5 nitrogen and oxygen atoms in total. The molecular formula is C18H21N3O2. The van der Waals surface area contributed by atoms with Crippen molar-refractivity contribution in [1.29, 1.82) is 0 Å². The summed E-state index contributed by atoms with van der Waals surface area (Å²) >= 11 is 0. The molecule has 3 heterocycles. The number of rotatable bonds is 2. The molecule has 5 heteroatoms. The smallest absolute Gasteiger partial charge is 0.322 e. The fourth-order valence-corrected chi connectivity index (χ4v) is 3.94. The Bertz CT molecular complexity index is 774. The van der Waals surface area contributed by atoms with E-state index in [4.69, 9.17) is 4.42 Å². The van der Waals surface area contributed by atoms with Crippen LogP contribution >= 0.6 is 0 Å². The van der Waals surface area contributed by atoms with Gasteiger partial charge in [0.1, 0.15) is 6.26 Å². The van der Waals surface area contributed by atoms with Crippen LogP contribution in [0.2, 0.25) is 0 Å². The number of benzene rings is 1. The number of anilines is 1. The summed E-state index contributed by atoms with van der Waals surface area (Å²) in [6.45, 7) is 6.96. The van der Waals surface area contributed by atoms with Gasteiger partial charge in [0, 0.05) is 23.3 Å². The standard InChI is InChI=1S/C18H21N3O2/c1-11-4-5-14(6-15(11)16-19-12(2)10-23-16)20-17(22)21-9-13-7-18(21,3)8-13/h4-6,10,13H,7-9H2,1-3H3,(H,20,22). The molecule has 1 aromatic carbocycles. The average Bonchev–Trinajstić information content (AvgIpc) is 3.13. The summed E-state index contributed by atoms with van der Waals surface area (Å²) in [5, 5.41) is 3.03. The van der Waals surface area contributed by atoms with Crippen LogP contribution < -0.4 is 5.32 Å². The molecule has 0 unspecified atom stereocenters. The molecule has 23 heavy (non-hydrogen) atoms. The van der Waals surface area contributed by atoms with E-state index in [1.54, 1.807) is 6.26 Å². The summed E-state index contributed by atoms with van der Waals surface area (Å²) in [5.74, 6) is 1.28. The molecule has 2 amide bonds. The SMILES string of the molecule is Cc1coc(-c2cc(NC(=O)N3CC4CC3(C)C4)ccc2C)n1. The fraction of sp³-hybridized carbons (Fsp3) is 0.444. The molecular weight excluding hydrogens is 290 g/mol. The molecule has 0 radical (unpaired) electrons. The predicted molar refractivity (Wildman–Crippen MR) is 88.3 cm³/mol. The number of hydrogen-bond donors (Lipinski definition) is 1. The van der Waals surface area contributed by atoms with Crippen molar-refractivity contribution in [2.24, 2.45) is 5.92 Å². The molecule has 1 N–H and O–H groups in total. The maximum atomic E-state index is 12.6. The lowest BCUT2D eigenvalue weighted by Gasteiger charge is -2.38. The van der Waals surface area contributed by atoms with Crippen molar-refractivity contribution in [3.8, 4) is 11.5 Å². The van der Waals surface area contributed by atoms with E-state index in [0.717, 1.165) is 41.9 Å². The van der Waals surface area contributed by atoms with Crippen molar-refractivity contribution in [1.82, 2.24) is 9.88 Å². The molecule has 0 spiro atoms. The molecule has 3 fully saturated rings.